The summed E-state index contributed by atoms with van der Waals surface area (Å²) in [4.78, 5) is 5.38. The van der Waals surface area contributed by atoms with Gasteiger partial charge in [0.05, 0.1) is 12.5 Å². The summed E-state index contributed by atoms with van der Waals surface area (Å²) in [6.07, 6.45) is -3.00. The maximum atomic E-state index is 11.8. The second-order valence-electron chi connectivity index (χ2n) is 3.51. The lowest BCUT2D eigenvalue weighted by Crippen LogP contribution is -2.36. The van der Waals surface area contributed by atoms with Gasteiger partial charge in [-0.1, -0.05) is 0 Å². The van der Waals surface area contributed by atoms with Gasteiger partial charge in [-0.25, -0.2) is 4.99 Å². The molecule has 0 bridgehead atoms. The van der Waals surface area contributed by atoms with Crippen LogP contribution in [0, 0.1) is 0 Å². The minimum absolute atomic E-state index is 0.133. The van der Waals surface area contributed by atoms with Crippen molar-refractivity contribution >= 4 is 5.96 Å². The standard InChI is InChI=1S/C8H14F3N3/c1-14(5-4-8(9,10)11)7(12)13-6-2-3-6/h6H,2-5H2,1H3,(H2,12,13). The fourth-order valence-corrected chi connectivity index (χ4v) is 0.898. The van der Waals surface area contributed by atoms with E-state index in [1.54, 1.807) is 0 Å². The molecule has 3 nitrogen and oxygen atoms in total. The Kier molecular flexibility index (Phi) is 3.23. The van der Waals surface area contributed by atoms with E-state index in [1.165, 1.54) is 11.9 Å². The normalized spacial score (nSPS) is 18.4. The van der Waals surface area contributed by atoms with Crippen LogP contribution < -0.4 is 5.73 Å². The van der Waals surface area contributed by atoms with Crippen LogP contribution in [0.1, 0.15) is 19.3 Å². The Morgan fingerprint density at radius 2 is 2.07 bits per heavy atom. The first-order valence-electron chi connectivity index (χ1n) is 4.49. The Bertz CT molecular complexity index is 220. The Labute approximate surface area is 80.8 Å². The number of nitrogens with zero attached hydrogens (tertiary/aromatic N) is 2. The van der Waals surface area contributed by atoms with Crippen molar-refractivity contribution in [1.29, 1.82) is 0 Å². The first-order chi connectivity index (χ1) is 6.38. The summed E-state index contributed by atoms with van der Waals surface area (Å²) in [6, 6.07) is 0.239. The van der Waals surface area contributed by atoms with Gasteiger partial charge in [-0.05, 0) is 12.8 Å². The van der Waals surface area contributed by atoms with Gasteiger partial charge >= 0.3 is 6.18 Å². The topological polar surface area (TPSA) is 41.6 Å². The highest BCUT2D eigenvalue weighted by molar-refractivity contribution is 5.78. The maximum Gasteiger partial charge on any atom is 0.390 e. The van der Waals surface area contributed by atoms with E-state index in [0.717, 1.165) is 12.8 Å². The fourth-order valence-electron chi connectivity index (χ4n) is 0.898. The number of aliphatic imine (C=N–C) groups is 1. The molecule has 0 unspecified atom stereocenters. The van der Waals surface area contributed by atoms with Gasteiger partial charge in [-0.2, -0.15) is 13.2 Å². The zero-order valence-electron chi connectivity index (χ0n) is 8.01. The number of nitrogens with two attached hydrogens (primary N) is 1. The summed E-state index contributed by atoms with van der Waals surface area (Å²) in [5.41, 5.74) is 5.50. The van der Waals surface area contributed by atoms with Crippen LogP contribution >= 0.6 is 0 Å². The molecule has 0 saturated heterocycles. The van der Waals surface area contributed by atoms with E-state index in [4.69, 9.17) is 5.73 Å². The zero-order valence-corrected chi connectivity index (χ0v) is 8.01. The summed E-state index contributed by atoms with van der Waals surface area (Å²) in [7, 11) is 1.52. The van der Waals surface area contributed by atoms with Crippen molar-refractivity contribution in [2.75, 3.05) is 13.6 Å². The Hall–Kier alpha value is -0.940. The Morgan fingerprint density at radius 1 is 1.50 bits per heavy atom. The van der Waals surface area contributed by atoms with E-state index < -0.39 is 12.6 Å². The van der Waals surface area contributed by atoms with E-state index in [0.29, 0.717) is 0 Å². The lowest BCUT2D eigenvalue weighted by atomic mass is 10.4. The molecule has 0 heterocycles. The van der Waals surface area contributed by atoms with Crippen molar-refractivity contribution in [2.24, 2.45) is 10.7 Å². The molecular weight excluding hydrogens is 195 g/mol. The van der Waals surface area contributed by atoms with Crippen molar-refractivity contribution in [2.45, 2.75) is 31.5 Å². The molecule has 0 amide bonds. The average Bonchev–Trinajstić information content (AvgIpc) is 2.82. The van der Waals surface area contributed by atoms with Gasteiger partial charge < -0.3 is 10.6 Å². The van der Waals surface area contributed by atoms with Gasteiger partial charge in [0.1, 0.15) is 0 Å². The van der Waals surface area contributed by atoms with E-state index in [-0.39, 0.29) is 18.5 Å². The molecule has 0 spiro atoms. The van der Waals surface area contributed by atoms with Crippen LogP contribution in [-0.2, 0) is 0 Å². The molecule has 0 aromatic rings. The number of guanidine groups is 1. The molecule has 0 aliphatic heterocycles. The lowest BCUT2D eigenvalue weighted by molar-refractivity contribution is -0.135. The zero-order chi connectivity index (χ0) is 10.8. The van der Waals surface area contributed by atoms with Gasteiger partial charge in [-0.3, -0.25) is 0 Å². The Balaban J connectivity index is 2.29. The molecule has 1 fully saturated rings. The summed E-state index contributed by atoms with van der Waals surface area (Å²) in [5.74, 6) is 0.205. The third-order valence-corrected chi connectivity index (χ3v) is 1.98. The molecule has 0 aromatic carbocycles. The van der Waals surface area contributed by atoms with Gasteiger partial charge in [0.25, 0.3) is 0 Å². The van der Waals surface area contributed by atoms with Crippen molar-refractivity contribution < 1.29 is 13.2 Å². The highest BCUT2D eigenvalue weighted by atomic mass is 19.4. The molecule has 1 saturated carbocycles. The third-order valence-electron chi connectivity index (χ3n) is 1.98. The smallest absolute Gasteiger partial charge is 0.370 e. The van der Waals surface area contributed by atoms with Gasteiger partial charge in [0, 0.05) is 13.6 Å². The second-order valence-corrected chi connectivity index (χ2v) is 3.51. The SMILES string of the molecule is CN(CCC(F)(F)F)C(N)=NC1CC1. The first kappa shape index (κ1) is 11.1. The molecule has 1 aliphatic rings. The first-order valence-corrected chi connectivity index (χ1v) is 4.49. The molecule has 0 atom stereocenters. The number of alkyl halides is 3. The minimum atomic E-state index is -4.13. The molecule has 82 valence electrons. The lowest BCUT2D eigenvalue weighted by Gasteiger charge is -2.18. The van der Waals surface area contributed by atoms with Crippen molar-refractivity contribution in [3.63, 3.8) is 0 Å². The molecule has 0 aromatic heterocycles. The highest BCUT2D eigenvalue weighted by Crippen LogP contribution is 2.23. The quantitative estimate of drug-likeness (QED) is 0.563. The second kappa shape index (κ2) is 4.06. The van der Waals surface area contributed by atoms with Crippen molar-refractivity contribution in [3.05, 3.63) is 0 Å². The van der Waals surface area contributed by atoms with Gasteiger partial charge in [0.15, 0.2) is 5.96 Å². The van der Waals surface area contributed by atoms with Crippen LogP contribution in [0.15, 0.2) is 4.99 Å². The third kappa shape index (κ3) is 4.34. The fraction of sp³-hybridized carbons (Fsp3) is 0.875. The summed E-state index contributed by atoms with van der Waals surface area (Å²) < 4.78 is 35.5. The molecule has 1 aliphatic carbocycles. The number of rotatable bonds is 3. The van der Waals surface area contributed by atoms with E-state index in [9.17, 15) is 13.2 Å². The molecular formula is C8H14F3N3. The van der Waals surface area contributed by atoms with E-state index in [1.807, 2.05) is 0 Å². The predicted octanol–water partition coefficient (Wildman–Crippen LogP) is 1.35. The molecule has 6 heteroatoms. The van der Waals surface area contributed by atoms with Gasteiger partial charge in [0.2, 0.25) is 0 Å². The largest absolute Gasteiger partial charge is 0.390 e. The molecule has 14 heavy (non-hydrogen) atoms. The van der Waals surface area contributed by atoms with Crippen molar-refractivity contribution in [3.8, 4) is 0 Å². The number of halogens is 3. The van der Waals surface area contributed by atoms with E-state index >= 15 is 0 Å². The van der Waals surface area contributed by atoms with Crippen LogP contribution in [0.2, 0.25) is 0 Å². The van der Waals surface area contributed by atoms with Gasteiger partial charge in [-0.15, -0.1) is 0 Å². The maximum absolute atomic E-state index is 11.8. The molecule has 0 radical (unpaired) electrons. The number of hydrogen-bond acceptors (Lipinski definition) is 1. The summed E-state index contributed by atoms with van der Waals surface area (Å²) >= 11 is 0. The molecule has 1 rings (SSSR count). The monoisotopic (exact) mass is 209 g/mol. The van der Waals surface area contributed by atoms with Crippen LogP contribution in [0.5, 0.6) is 0 Å². The summed E-state index contributed by atoms with van der Waals surface area (Å²) in [6.45, 7) is -0.133. The average molecular weight is 209 g/mol. The Morgan fingerprint density at radius 3 is 2.50 bits per heavy atom. The highest BCUT2D eigenvalue weighted by Gasteiger charge is 2.28. The van der Waals surface area contributed by atoms with Crippen LogP contribution in [-0.4, -0.2) is 36.7 Å². The molecule has 2 N–H and O–H groups in total. The van der Waals surface area contributed by atoms with Crippen LogP contribution in [0.25, 0.3) is 0 Å². The number of hydrogen-bond donors (Lipinski definition) is 1. The minimum Gasteiger partial charge on any atom is -0.370 e. The van der Waals surface area contributed by atoms with Crippen LogP contribution in [0.4, 0.5) is 13.2 Å². The predicted molar refractivity (Wildman–Crippen MR) is 47.9 cm³/mol. The van der Waals surface area contributed by atoms with Crippen LogP contribution in [0.3, 0.4) is 0 Å². The summed E-state index contributed by atoms with van der Waals surface area (Å²) in [5, 5.41) is 0. The van der Waals surface area contributed by atoms with E-state index in [2.05, 4.69) is 4.99 Å². The van der Waals surface area contributed by atoms with Crippen molar-refractivity contribution in [1.82, 2.24) is 4.90 Å².